The summed E-state index contributed by atoms with van der Waals surface area (Å²) in [7, 11) is 0. The number of nitrogens with zero attached hydrogens (tertiary/aromatic N) is 2. The fourth-order valence-corrected chi connectivity index (χ4v) is 3.72. The van der Waals surface area contributed by atoms with Gasteiger partial charge in [0.15, 0.2) is 0 Å². The molecule has 128 valence electrons. The van der Waals surface area contributed by atoms with Gasteiger partial charge in [-0.2, -0.15) is 5.10 Å². The molecule has 0 aliphatic carbocycles. The van der Waals surface area contributed by atoms with Crippen LogP contribution >= 0.6 is 0 Å². The Hall–Kier alpha value is -2.73. The predicted molar refractivity (Wildman–Crippen MR) is 91.6 cm³/mol. The van der Waals surface area contributed by atoms with Crippen LogP contribution in [0.25, 0.3) is 10.9 Å². The number of benzene rings is 2. The lowest BCUT2D eigenvalue weighted by Gasteiger charge is -2.16. The molecule has 2 atom stereocenters. The first-order valence-corrected chi connectivity index (χ1v) is 8.23. The van der Waals surface area contributed by atoms with Gasteiger partial charge in [-0.1, -0.05) is 30.3 Å². The number of hydrogen-bond acceptors (Lipinski definition) is 3. The molecule has 0 amide bonds. The van der Waals surface area contributed by atoms with Crippen molar-refractivity contribution in [2.24, 2.45) is 5.92 Å². The van der Waals surface area contributed by atoms with E-state index in [0.29, 0.717) is 19.6 Å². The molecule has 6 heteroatoms. The summed E-state index contributed by atoms with van der Waals surface area (Å²) in [5.41, 5.74) is 2.95. The molecule has 0 unspecified atom stereocenters. The van der Waals surface area contributed by atoms with Gasteiger partial charge in [0.1, 0.15) is 5.82 Å². The number of aliphatic carboxylic acids is 1. The number of carbonyl (C=O) groups is 1. The zero-order chi connectivity index (χ0) is 17.4. The summed E-state index contributed by atoms with van der Waals surface area (Å²) in [4.78, 5) is 13.8. The predicted octanol–water partition coefficient (Wildman–Crippen LogP) is 3.00. The molecule has 0 saturated carbocycles. The fourth-order valence-electron chi connectivity index (χ4n) is 3.72. The zero-order valence-electron chi connectivity index (χ0n) is 13.5. The highest BCUT2D eigenvalue weighted by Crippen LogP contribution is 2.34. The summed E-state index contributed by atoms with van der Waals surface area (Å²) >= 11 is 0. The number of halogens is 1. The maximum absolute atomic E-state index is 13.2. The van der Waals surface area contributed by atoms with Crippen LogP contribution in [0.4, 0.5) is 4.39 Å². The molecule has 3 aromatic rings. The standard InChI is InChI=1S/C19H18FN3O2/c20-15-6-4-12(5-7-15)16-10-23(11-17(16)19(24)25)9-14-3-1-2-13-8-21-22-18(13)14/h1-8,16-17H,9-11H2,(H,21,22)(H,24,25)/t16-,17+/m0/s1. The van der Waals surface area contributed by atoms with Gasteiger partial charge in [-0.15, -0.1) is 0 Å². The number of aromatic nitrogens is 2. The van der Waals surface area contributed by atoms with Gasteiger partial charge in [0.2, 0.25) is 0 Å². The van der Waals surface area contributed by atoms with Crippen molar-refractivity contribution < 1.29 is 14.3 Å². The number of para-hydroxylation sites is 1. The van der Waals surface area contributed by atoms with Crippen LogP contribution in [0.15, 0.2) is 48.7 Å². The maximum atomic E-state index is 13.2. The zero-order valence-corrected chi connectivity index (χ0v) is 13.5. The Morgan fingerprint density at radius 1 is 1.24 bits per heavy atom. The minimum absolute atomic E-state index is 0.140. The molecule has 4 rings (SSSR count). The van der Waals surface area contributed by atoms with Gasteiger partial charge in [-0.3, -0.25) is 14.8 Å². The molecule has 0 radical (unpaired) electrons. The second-order valence-electron chi connectivity index (χ2n) is 6.55. The van der Waals surface area contributed by atoms with E-state index in [0.717, 1.165) is 22.0 Å². The van der Waals surface area contributed by atoms with E-state index < -0.39 is 11.9 Å². The number of fused-ring (bicyclic) bond motifs is 1. The Kier molecular flexibility index (Phi) is 3.97. The van der Waals surface area contributed by atoms with Crippen LogP contribution in [0.1, 0.15) is 17.0 Å². The largest absolute Gasteiger partial charge is 0.481 e. The minimum Gasteiger partial charge on any atom is -0.481 e. The van der Waals surface area contributed by atoms with E-state index in [1.54, 1.807) is 18.3 Å². The minimum atomic E-state index is -0.809. The smallest absolute Gasteiger partial charge is 0.308 e. The first-order chi connectivity index (χ1) is 12.1. The van der Waals surface area contributed by atoms with Crippen molar-refractivity contribution in [3.05, 3.63) is 65.6 Å². The molecule has 0 bridgehead atoms. The Morgan fingerprint density at radius 2 is 2.04 bits per heavy atom. The summed E-state index contributed by atoms with van der Waals surface area (Å²) < 4.78 is 13.2. The number of aromatic amines is 1. The molecule has 0 spiro atoms. The molecule has 2 aromatic carbocycles. The number of carboxylic acids is 1. The van der Waals surface area contributed by atoms with Crippen LogP contribution in [0.5, 0.6) is 0 Å². The molecule has 2 heterocycles. The average molecular weight is 339 g/mol. The molecule has 5 nitrogen and oxygen atoms in total. The number of likely N-dealkylation sites (tertiary alicyclic amines) is 1. The lowest BCUT2D eigenvalue weighted by atomic mass is 9.89. The van der Waals surface area contributed by atoms with Gasteiger partial charge in [0.25, 0.3) is 0 Å². The van der Waals surface area contributed by atoms with Gasteiger partial charge >= 0.3 is 5.97 Å². The first kappa shape index (κ1) is 15.8. The van der Waals surface area contributed by atoms with E-state index in [2.05, 4.69) is 15.1 Å². The summed E-state index contributed by atoms with van der Waals surface area (Å²) in [5, 5.41) is 17.7. The van der Waals surface area contributed by atoms with Crippen molar-refractivity contribution in [3.8, 4) is 0 Å². The number of nitrogens with one attached hydrogen (secondary N) is 1. The monoisotopic (exact) mass is 339 g/mol. The van der Waals surface area contributed by atoms with Crippen molar-refractivity contribution >= 4 is 16.9 Å². The summed E-state index contributed by atoms with van der Waals surface area (Å²) in [6.45, 7) is 1.76. The lowest BCUT2D eigenvalue weighted by molar-refractivity contribution is -0.141. The van der Waals surface area contributed by atoms with E-state index in [-0.39, 0.29) is 11.7 Å². The number of carboxylic acid groups (broad SMARTS) is 1. The van der Waals surface area contributed by atoms with Gasteiger partial charge < -0.3 is 5.11 Å². The van der Waals surface area contributed by atoms with E-state index in [1.165, 1.54) is 12.1 Å². The van der Waals surface area contributed by atoms with Gasteiger partial charge in [0, 0.05) is 30.9 Å². The van der Waals surface area contributed by atoms with Crippen LogP contribution in [0, 0.1) is 11.7 Å². The third kappa shape index (κ3) is 3.00. The van der Waals surface area contributed by atoms with Crippen LogP contribution in [-0.2, 0) is 11.3 Å². The Labute approximate surface area is 144 Å². The Bertz CT molecular complexity index is 906. The van der Waals surface area contributed by atoms with Crippen molar-refractivity contribution in [1.29, 1.82) is 0 Å². The molecular weight excluding hydrogens is 321 g/mol. The number of rotatable bonds is 4. The third-order valence-corrected chi connectivity index (χ3v) is 4.97. The normalized spacial score (nSPS) is 21.0. The summed E-state index contributed by atoms with van der Waals surface area (Å²) in [6, 6.07) is 12.2. The maximum Gasteiger partial charge on any atom is 0.308 e. The molecule has 1 aliphatic heterocycles. The molecular formula is C19H18FN3O2. The quantitative estimate of drug-likeness (QED) is 0.767. The Morgan fingerprint density at radius 3 is 2.80 bits per heavy atom. The van der Waals surface area contributed by atoms with E-state index >= 15 is 0 Å². The van der Waals surface area contributed by atoms with Crippen molar-refractivity contribution in [2.75, 3.05) is 13.1 Å². The van der Waals surface area contributed by atoms with E-state index in [9.17, 15) is 14.3 Å². The molecule has 2 N–H and O–H groups in total. The van der Waals surface area contributed by atoms with E-state index in [1.807, 2.05) is 18.2 Å². The van der Waals surface area contributed by atoms with Crippen LogP contribution in [-0.4, -0.2) is 39.3 Å². The van der Waals surface area contributed by atoms with Gasteiger partial charge in [-0.25, -0.2) is 4.39 Å². The second-order valence-corrected chi connectivity index (χ2v) is 6.55. The van der Waals surface area contributed by atoms with Crippen molar-refractivity contribution in [3.63, 3.8) is 0 Å². The van der Waals surface area contributed by atoms with E-state index in [4.69, 9.17) is 0 Å². The number of H-pyrrole nitrogens is 1. The molecule has 1 aromatic heterocycles. The molecule has 1 saturated heterocycles. The van der Waals surface area contributed by atoms with Crippen LogP contribution in [0.2, 0.25) is 0 Å². The highest BCUT2D eigenvalue weighted by molar-refractivity contribution is 5.81. The lowest BCUT2D eigenvalue weighted by Crippen LogP contribution is -2.23. The van der Waals surface area contributed by atoms with Crippen molar-refractivity contribution in [2.45, 2.75) is 12.5 Å². The number of hydrogen-bond donors (Lipinski definition) is 2. The SMILES string of the molecule is O=C(O)[C@@H]1CN(Cc2cccc3cn[nH]c23)C[C@H]1c1ccc(F)cc1. The highest BCUT2D eigenvalue weighted by atomic mass is 19.1. The second kappa shape index (κ2) is 6.29. The summed E-state index contributed by atoms with van der Waals surface area (Å²) in [5.74, 6) is -1.75. The summed E-state index contributed by atoms with van der Waals surface area (Å²) in [6.07, 6.45) is 1.78. The van der Waals surface area contributed by atoms with Crippen LogP contribution in [0.3, 0.4) is 0 Å². The van der Waals surface area contributed by atoms with Gasteiger partial charge in [-0.05, 0) is 23.3 Å². The molecule has 25 heavy (non-hydrogen) atoms. The fraction of sp³-hybridized carbons (Fsp3) is 0.263. The van der Waals surface area contributed by atoms with Gasteiger partial charge in [0.05, 0.1) is 17.6 Å². The molecule has 1 fully saturated rings. The van der Waals surface area contributed by atoms with Crippen molar-refractivity contribution in [1.82, 2.24) is 15.1 Å². The average Bonchev–Trinajstić information content (AvgIpc) is 3.23. The Balaban J connectivity index is 1.59. The highest BCUT2D eigenvalue weighted by Gasteiger charge is 2.38. The third-order valence-electron chi connectivity index (χ3n) is 4.97. The first-order valence-electron chi connectivity index (χ1n) is 8.23. The molecule has 1 aliphatic rings. The van der Waals surface area contributed by atoms with Crippen LogP contribution < -0.4 is 0 Å². The topological polar surface area (TPSA) is 69.2 Å².